The molecule has 66 heavy (non-hydrogen) atoms. The number of likely N-dealkylation sites (N-methyl/N-ethyl adjacent to an activating group) is 1. The van der Waals surface area contributed by atoms with Crippen molar-refractivity contribution in [3.63, 3.8) is 0 Å². The number of phosphoric acid groups is 1. The fourth-order valence-electron chi connectivity index (χ4n) is 8.36. The summed E-state index contributed by atoms with van der Waals surface area (Å²) in [6.45, 7) is 4.67. The van der Waals surface area contributed by atoms with Gasteiger partial charge in [-0.2, -0.15) is 0 Å². The lowest BCUT2D eigenvalue weighted by Crippen LogP contribution is -2.45. The van der Waals surface area contributed by atoms with Gasteiger partial charge >= 0.3 is 0 Å². The Kier molecular flexibility index (Phi) is 47.8. The van der Waals surface area contributed by atoms with Gasteiger partial charge < -0.3 is 28.8 Å². The van der Waals surface area contributed by atoms with E-state index in [0.717, 1.165) is 44.9 Å². The number of allylic oxidation sites excluding steroid dienone is 5. The van der Waals surface area contributed by atoms with Crippen molar-refractivity contribution in [1.82, 2.24) is 5.32 Å². The maximum Gasteiger partial charge on any atom is 0.268 e. The molecule has 0 aromatic carbocycles. The van der Waals surface area contributed by atoms with E-state index in [4.69, 9.17) is 9.05 Å². The predicted molar refractivity (Wildman–Crippen MR) is 284 cm³/mol. The third-order valence-corrected chi connectivity index (χ3v) is 13.8. The Labute approximate surface area is 410 Å². The van der Waals surface area contributed by atoms with Crippen LogP contribution in [0.25, 0.3) is 0 Å². The first-order chi connectivity index (χ1) is 32.0. The lowest BCUT2D eigenvalue weighted by molar-refractivity contribution is -0.870. The van der Waals surface area contributed by atoms with Gasteiger partial charge in [-0.15, -0.1) is 0 Å². The van der Waals surface area contributed by atoms with Gasteiger partial charge in [0.1, 0.15) is 13.2 Å². The molecule has 9 heteroatoms. The second-order valence-electron chi connectivity index (χ2n) is 20.6. The van der Waals surface area contributed by atoms with Crippen molar-refractivity contribution in [2.24, 2.45) is 0 Å². The molecule has 390 valence electrons. The highest BCUT2D eigenvalue weighted by atomic mass is 31.2. The molecule has 8 nitrogen and oxygen atoms in total. The molecule has 0 radical (unpaired) electrons. The average molecular weight is 951 g/mol. The molecule has 3 atom stereocenters. The number of phosphoric ester groups is 1. The van der Waals surface area contributed by atoms with Crippen LogP contribution in [0.5, 0.6) is 0 Å². The summed E-state index contributed by atoms with van der Waals surface area (Å²) in [5, 5.41) is 13.9. The molecule has 0 bridgehead atoms. The number of carbonyl (C=O) groups is 1. The Morgan fingerprint density at radius 2 is 0.879 bits per heavy atom. The number of nitrogens with one attached hydrogen (secondary N) is 1. The summed E-state index contributed by atoms with van der Waals surface area (Å²) in [5.74, 6) is -0.199. The standard InChI is InChI=1S/C57H111N2O6P/c1-6-8-10-12-14-16-18-20-22-24-26-28-29-31-32-34-36-38-40-42-44-46-48-50-56(60)55(54-65-66(62,63)64-53-52-59(3,4)5)58-57(61)51-49-47-45-43-41-39-37-35-33-30-27-25-23-21-19-17-15-13-11-9-7-2/h19,21,25,27,48,50,55-56,60H,6-18,20,22-24,26,28-47,49,51-54H2,1-5H3,(H-,58,61,62,63)/b21-19-,27-25-,50-48+. The van der Waals surface area contributed by atoms with Crippen LogP contribution < -0.4 is 10.2 Å². The van der Waals surface area contributed by atoms with Crippen LogP contribution in [0, 0.1) is 0 Å². The van der Waals surface area contributed by atoms with Gasteiger partial charge in [0.15, 0.2) is 0 Å². The van der Waals surface area contributed by atoms with Gasteiger partial charge in [0.05, 0.1) is 39.9 Å². The van der Waals surface area contributed by atoms with Gasteiger partial charge in [0.2, 0.25) is 5.91 Å². The molecule has 0 spiro atoms. The lowest BCUT2D eigenvalue weighted by Gasteiger charge is -2.29. The van der Waals surface area contributed by atoms with Crippen LogP contribution in [0.1, 0.15) is 271 Å². The van der Waals surface area contributed by atoms with Crippen molar-refractivity contribution in [1.29, 1.82) is 0 Å². The zero-order valence-corrected chi connectivity index (χ0v) is 45.3. The lowest BCUT2D eigenvalue weighted by atomic mass is 10.0. The van der Waals surface area contributed by atoms with Gasteiger partial charge in [-0.05, 0) is 51.4 Å². The van der Waals surface area contributed by atoms with E-state index in [9.17, 15) is 19.4 Å². The third-order valence-electron chi connectivity index (χ3n) is 12.8. The third kappa shape index (κ3) is 50.6. The first-order valence-corrected chi connectivity index (χ1v) is 29.8. The summed E-state index contributed by atoms with van der Waals surface area (Å²) in [7, 11) is 1.26. The van der Waals surface area contributed by atoms with Crippen LogP contribution >= 0.6 is 7.82 Å². The zero-order valence-electron chi connectivity index (χ0n) is 44.4. The number of hydrogen-bond acceptors (Lipinski definition) is 6. The van der Waals surface area contributed by atoms with Gasteiger partial charge in [0, 0.05) is 6.42 Å². The van der Waals surface area contributed by atoms with Crippen LogP contribution in [0.2, 0.25) is 0 Å². The van der Waals surface area contributed by atoms with Crippen molar-refractivity contribution in [2.45, 2.75) is 283 Å². The number of unbranched alkanes of at least 4 members (excludes halogenated alkanes) is 35. The van der Waals surface area contributed by atoms with E-state index in [1.165, 1.54) is 205 Å². The Morgan fingerprint density at radius 3 is 1.26 bits per heavy atom. The first kappa shape index (κ1) is 64.7. The normalized spacial score (nSPS) is 14.2. The topological polar surface area (TPSA) is 108 Å². The molecule has 0 saturated carbocycles. The highest BCUT2D eigenvalue weighted by Gasteiger charge is 2.23. The molecular formula is C57H111N2O6P. The van der Waals surface area contributed by atoms with E-state index in [-0.39, 0.29) is 19.1 Å². The molecule has 0 fully saturated rings. The summed E-state index contributed by atoms with van der Waals surface area (Å²) in [6.07, 6.45) is 62.1. The fourth-order valence-corrected chi connectivity index (χ4v) is 9.08. The SMILES string of the molecule is CCCCCCC/C=C\C/C=C\CCCCCCCCCCCC(=O)NC(COP(=O)([O-])OCC[N+](C)(C)C)C(O)/C=C/CCCCCCCCCCCCCCCCCCCCCCC. The zero-order chi connectivity index (χ0) is 48.5. The largest absolute Gasteiger partial charge is 0.756 e. The molecule has 2 N–H and O–H groups in total. The number of nitrogens with zero attached hydrogens (tertiary/aromatic N) is 1. The number of aliphatic hydroxyl groups excluding tert-OH is 1. The van der Waals surface area contributed by atoms with E-state index in [0.29, 0.717) is 17.4 Å². The molecular weight excluding hydrogens is 840 g/mol. The number of aliphatic hydroxyl groups is 1. The minimum absolute atomic E-state index is 0.00148. The molecule has 1 amide bonds. The van der Waals surface area contributed by atoms with Crippen molar-refractivity contribution >= 4 is 13.7 Å². The summed E-state index contributed by atoms with van der Waals surface area (Å²) >= 11 is 0. The maximum absolute atomic E-state index is 13.0. The van der Waals surface area contributed by atoms with Gasteiger partial charge in [-0.1, -0.05) is 249 Å². The second kappa shape index (κ2) is 48.7. The molecule has 0 saturated heterocycles. The van der Waals surface area contributed by atoms with Gasteiger partial charge in [0.25, 0.3) is 7.82 Å². The molecule has 0 aromatic heterocycles. The van der Waals surface area contributed by atoms with Crippen molar-refractivity contribution in [3.05, 3.63) is 36.5 Å². The van der Waals surface area contributed by atoms with Crippen LogP contribution in [0.15, 0.2) is 36.5 Å². The van der Waals surface area contributed by atoms with Gasteiger partial charge in [-0.3, -0.25) is 9.36 Å². The summed E-state index contributed by atoms with van der Waals surface area (Å²) in [4.78, 5) is 25.5. The number of hydrogen-bond donors (Lipinski definition) is 2. The summed E-state index contributed by atoms with van der Waals surface area (Å²) < 4.78 is 23.3. The van der Waals surface area contributed by atoms with E-state index in [1.807, 2.05) is 27.2 Å². The van der Waals surface area contributed by atoms with E-state index < -0.39 is 20.0 Å². The highest BCUT2D eigenvalue weighted by molar-refractivity contribution is 7.45. The van der Waals surface area contributed by atoms with Crippen molar-refractivity contribution < 1.29 is 32.9 Å². The smallest absolute Gasteiger partial charge is 0.268 e. The first-order valence-electron chi connectivity index (χ1n) is 28.4. The Bertz CT molecular complexity index is 1170. The van der Waals surface area contributed by atoms with Crippen molar-refractivity contribution in [2.75, 3.05) is 40.9 Å². The molecule has 0 heterocycles. The molecule has 3 unspecified atom stereocenters. The fraction of sp³-hybridized carbons (Fsp3) is 0.877. The number of quaternary nitrogens is 1. The van der Waals surface area contributed by atoms with Gasteiger partial charge in [-0.25, -0.2) is 0 Å². The number of rotatable bonds is 52. The van der Waals surface area contributed by atoms with E-state index >= 15 is 0 Å². The Hall–Kier alpha value is -1.28. The minimum Gasteiger partial charge on any atom is -0.756 e. The van der Waals surface area contributed by atoms with Crippen LogP contribution in [0.3, 0.4) is 0 Å². The van der Waals surface area contributed by atoms with Crippen LogP contribution in [-0.4, -0.2) is 68.5 Å². The summed E-state index contributed by atoms with van der Waals surface area (Å²) in [5.41, 5.74) is 0. The number of carbonyl (C=O) groups excluding carboxylic acids is 1. The maximum atomic E-state index is 13.0. The molecule has 0 aliphatic rings. The summed E-state index contributed by atoms with van der Waals surface area (Å²) in [6, 6.07) is -0.889. The van der Waals surface area contributed by atoms with Crippen molar-refractivity contribution in [3.8, 4) is 0 Å². The predicted octanol–water partition coefficient (Wildman–Crippen LogP) is 16.4. The molecule has 0 aliphatic carbocycles. The van der Waals surface area contributed by atoms with E-state index in [1.54, 1.807) is 6.08 Å². The Morgan fingerprint density at radius 1 is 0.530 bits per heavy atom. The highest BCUT2D eigenvalue weighted by Crippen LogP contribution is 2.38. The molecule has 0 aromatic rings. The van der Waals surface area contributed by atoms with Crippen LogP contribution in [-0.2, 0) is 18.4 Å². The molecule has 0 rings (SSSR count). The number of amides is 1. The minimum atomic E-state index is -4.60. The molecule has 0 aliphatic heterocycles. The second-order valence-corrected chi connectivity index (χ2v) is 22.1. The monoisotopic (exact) mass is 951 g/mol. The Balaban J connectivity index is 4.24. The quantitative estimate of drug-likeness (QED) is 0.0272. The average Bonchev–Trinajstić information content (AvgIpc) is 3.28. The van der Waals surface area contributed by atoms with E-state index in [2.05, 4.69) is 43.5 Å². The van der Waals surface area contributed by atoms with Crippen LogP contribution in [0.4, 0.5) is 0 Å².